The van der Waals surface area contributed by atoms with E-state index in [-0.39, 0.29) is 23.1 Å². The van der Waals surface area contributed by atoms with Gasteiger partial charge in [-0.25, -0.2) is 20.6 Å². The van der Waals surface area contributed by atoms with Crippen molar-refractivity contribution in [1.82, 2.24) is 0 Å². The first-order valence-electron chi connectivity index (χ1n) is 3.96. The summed E-state index contributed by atoms with van der Waals surface area (Å²) < 4.78 is 24.0. The summed E-state index contributed by atoms with van der Waals surface area (Å²) in [6.07, 6.45) is 0. The molecule has 15 heavy (non-hydrogen) atoms. The third kappa shape index (κ3) is 2.53. The molecule has 0 aliphatic carbocycles. The predicted octanol–water partition coefficient (Wildman–Crippen LogP) is -0.615. The van der Waals surface area contributed by atoms with Crippen molar-refractivity contribution < 1.29 is 27.3 Å². The first-order valence-corrected chi connectivity index (χ1v) is 6.33. The topological polar surface area (TPSA) is 34.1 Å². The maximum Gasteiger partial charge on any atom is 1.00 e. The van der Waals surface area contributed by atoms with E-state index >= 15 is 0 Å². The monoisotopic (exact) mass is 230 g/mol. The number of thiophene rings is 1. The van der Waals surface area contributed by atoms with Gasteiger partial charge in [0, 0.05) is 4.21 Å². The van der Waals surface area contributed by atoms with Crippen molar-refractivity contribution in [2.75, 3.05) is 0 Å². The zero-order valence-electron chi connectivity index (χ0n) is 8.17. The number of benzene rings is 1. The molecule has 0 bridgehead atoms. The first-order chi connectivity index (χ1) is 6.71. The van der Waals surface area contributed by atoms with Crippen LogP contribution in [0.1, 0.15) is 0 Å². The van der Waals surface area contributed by atoms with Gasteiger partial charge >= 0.3 is 18.9 Å². The molecule has 0 N–H and O–H groups in total. The summed E-state index contributed by atoms with van der Waals surface area (Å²) in [6, 6.07) is 12.7. The molecule has 2 nitrogen and oxygen atoms in total. The average Bonchev–Trinajstić information content (AvgIpc) is 2.72. The van der Waals surface area contributed by atoms with Crippen molar-refractivity contribution in [2.45, 2.75) is 9.10 Å². The Kier molecular flexibility index (Phi) is 4.18. The van der Waals surface area contributed by atoms with Crippen LogP contribution in [0, 0.1) is 6.07 Å². The molecule has 1 heterocycles. The summed E-state index contributed by atoms with van der Waals surface area (Å²) >= 11 is 1.18. The first kappa shape index (κ1) is 12.5. The molecule has 0 radical (unpaired) electrons. The van der Waals surface area contributed by atoms with E-state index < -0.39 is 9.84 Å². The van der Waals surface area contributed by atoms with E-state index in [9.17, 15) is 8.42 Å². The van der Waals surface area contributed by atoms with Crippen molar-refractivity contribution >= 4 is 21.2 Å². The molecule has 0 saturated heterocycles. The molecule has 2 aromatic rings. The Morgan fingerprint density at radius 2 is 1.80 bits per heavy atom. The maximum absolute atomic E-state index is 11.9. The van der Waals surface area contributed by atoms with Crippen LogP contribution in [0.4, 0.5) is 0 Å². The number of sulfone groups is 1. The smallest absolute Gasteiger partial charge is 0.253 e. The Hall–Kier alpha value is -0.533. The molecule has 0 amide bonds. The standard InChI is InChI=1S/C10H7O2S2.Li/c11-14(12,10-7-4-8-13-10)9-5-2-1-3-6-9;/h1-6,8H;/q-1;+1. The quantitative estimate of drug-likeness (QED) is 0.509. The van der Waals surface area contributed by atoms with E-state index in [1.165, 1.54) is 11.3 Å². The zero-order valence-corrected chi connectivity index (χ0v) is 9.81. The Morgan fingerprint density at radius 3 is 2.33 bits per heavy atom. The van der Waals surface area contributed by atoms with Gasteiger partial charge in [-0.15, -0.1) is 0 Å². The fraction of sp³-hybridized carbons (Fsp3) is 0. The van der Waals surface area contributed by atoms with Gasteiger partial charge < -0.3 is 0 Å². The van der Waals surface area contributed by atoms with Gasteiger partial charge in [0.1, 0.15) is 0 Å². The Morgan fingerprint density at radius 1 is 1.13 bits per heavy atom. The van der Waals surface area contributed by atoms with Crippen molar-refractivity contribution in [1.29, 1.82) is 0 Å². The second kappa shape index (κ2) is 5.00. The predicted molar refractivity (Wildman–Crippen MR) is 55.0 cm³/mol. The molecule has 1 aromatic carbocycles. The van der Waals surface area contributed by atoms with Gasteiger partial charge in [0.05, 0.1) is 4.90 Å². The molecule has 2 rings (SSSR count). The Balaban J connectivity index is 0.00000112. The van der Waals surface area contributed by atoms with E-state index in [1.807, 2.05) is 0 Å². The van der Waals surface area contributed by atoms with E-state index in [4.69, 9.17) is 0 Å². The van der Waals surface area contributed by atoms with Crippen LogP contribution in [0.5, 0.6) is 0 Å². The molecule has 5 heteroatoms. The van der Waals surface area contributed by atoms with Crippen LogP contribution in [0.3, 0.4) is 0 Å². The van der Waals surface area contributed by atoms with Gasteiger partial charge in [0.15, 0.2) is 9.84 Å². The normalized spacial score (nSPS) is 10.7. The molecule has 0 aliphatic rings. The molecule has 1 aromatic heterocycles. The second-order valence-corrected chi connectivity index (χ2v) is 5.73. The minimum Gasteiger partial charge on any atom is -0.253 e. The van der Waals surface area contributed by atoms with Crippen LogP contribution < -0.4 is 18.9 Å². The van der Waals surface area contributed by atoms with Crippen LogP contribution >= 0.6 is 11.3 Å². The van der Waals surface area contributed by atoms with Crippen LogP contribution in [0.2, 0.25) is 0 Å². The van der Waals surface area contributed by atoms with Crippen LogP contribution in [-0.2, 0) is 9.84 Å². The third-order valence-corrected chi connectivity index (χ3v) is 4.79. The molecule has 72 valence electrons. The van der Waals surface area contributed by atoms with Gasteiger partial charge in [-0.3, -0.25) is 11.3 Å². The fourth-order valence-corrected chi connectivity index (χ4v) is 3.39. The van der Waals surface area contributed by atoms with Gasteiger partial charge in [-0.1, -0.05) is 18.2 Å². The summed E-state index contributed by atoms with van der Waals surface area (Å²) in [7, 11) is -3.33. The SMILES string of the molecule is O=S(=O)(c1ccccc1)c1[c-]ccs1.[Li+]. The number of hydrogen-bond acceptors (Lipinski definition) is 3. The summed E-state index contributed by atoms with van der Waals surface area (Å²) in [5.41, 5.74) is 0. The maximum atomic E-state index is 11.9. The zero-order chi connectivity index (χ0) is 10.0. The third-order valence-electron chi connectivity index (χ3n) is 1.74. The minimum absolute atomic E-state index is 0. The molecule has 0 saturated carbocycles. The Labute approximate surface area is 105 Å². The van der Waals surface area contributed by atoms with E-state index in [0.717, 1.165) is 0 Å². The van der Waals surface area contributed by atoms with Crippen molar-refractivity contribution in [3.63, 3.8) is 0 Å². The summed E-state index contributed by atoms with van der Waals surface area (Å²) in [6.45, 7) is 0. The molecule has 0 spiro atoms. The van der Waals surface area contributed by atoms with E-state index in [0.29, 0.717) is 4.90 Å². The van der Waals surface area contributed by atoms with Crippen molar-refractivity contribution in [3.05, 3.63) is 47.8 Å². The minimum atomic E-state index is -3.33. The molecule has 0 atom stereocenters. The molecule has 0 unspecified atom stereocenters. The fourth-order valence-electron chi connectivity index (χ4n) is 1.08. The van der Waals surface area contributed by atoms with Crippen molar-refractivity contribution in [3.8, 4) is 0 Å². The van der Waals surface area contributed by atoms with Gasteiger partial charge in [-0.05, 0) is 12.1 Å². The Bertz CT molecular complexity index is 504. The van der Waals surface area contributed by atoms with Crippen LogP contribution in [0.15, 0.2) is 50.9 Å². The summed E-state index contributed by atoms with van der Waals surface area (Å²) in [4.78, 5) is 0.318. The van der Waals surface area contributed by atoms with Crippen molar-refractivity contribution in [2.24, 2.45) is 0 Å². The molecular formula is C10H7LiO2S2. The van der Waals surface area contributed by atoms with Crippen LogP contribution in [-0.4, -0.2) is 8.42 Å². The largest absolute Gasteiger partial charge is 1.00 e. The van der Waals surface area contributed by atoms with Gasteiger partial charge in [0.25, 0.3) is 0 Å². The van der Waals surface area contributed by atoms with Gasteiger partial charge in [-0.2, -0.15) is 5.38 Å². The van der Waals surface area contributed by atoms with E-state index in [2.05, 4.69) is 6.07 Å². The van der Waals surface area contributed by atoms with E-state index in [1.54, 1.807) is 41.8 Å². The number of hydrogen-bond donors (Lipinski definition) is 0. The molecular weight excluding hydrogens is 223 g/mol. The van der Waals surface area contributed by atoms with Gasteiger partial charge in [0.2, 0.25) is 0 Å². The summed E-state index contributed by atoms with van der Waals surface area (Å²) in [5, 5.41) is 1.70. The average molecular weight is 230 g/mol. The molecule has 0 aliphatic heterocycles. The second-order valence-electron chi connectivity index (χ2n) is 2.67. The number of rotatable bonds is 2. The summed E-state index contributed by atoms with van der Waals surface area (Å²) in [5.74, 6) is 0. The van der Waals surface area contributed by atoms with Crippen LogP contribution in [0.25, 0.3) is 0 Å². The molecule has 0 fully saturated rings.